The van der Waals surface area contributed by atoms with Crippen LogP contribution in [0.5, 0.6) is 0 Å². The van der Waals surface area contributed by atoms with Gasteiger partial charge >= 0.3 is 0 Å². The zero-order chi connectivity index (χ0) is 12.8. The zero-order valence-corrected chi connectivity index (χ0v) is 10.7. The number of methoxy groups -OCH3 is 1. The molecule has 1 N–H and O–H groups in total. The summed E-state index contributed by atoms with van der Waals surface area (Å²) >= 11 is 0. The minimum atomic E-state index is -0.235. The molecule has 0 aromatic carbocycles. The van der Waals surface area contributed by atoms with Crippen molar-refractivity contribution in [3.8, 4) is 0 Å². The van der Waals surface area contributed by atoms with E-state index in [0.29, 0.717) is 18.5 Å². The van der Waals surface area contributed by atoms with Crippen LogP contribution in [-0.4, -0.2) is 44.4 Å². The molecule has 100 valence electrons. The van der Waals surface area contributed by atoms with Gasteiger partial charge in [-0.05, 0) is 25.0 Å². The first-order valence-corrected chi connectivity index (χ1v) is 6.39. The molecule has 5 heteroatoms. The van der Waals surface area contributed by atoms with Crippen LogP contribution in [-0.2, 0) is 4.74 Å². The van der Waals surface area contributed by atoms with Crippen LogP contribution in [0.25, 0.3) is 0 Å². The number of hydrogen-bond acceptors (Lipinski definition) is 4. The average Bonchev–Trinajstić information content (AvgIpc) is 2.83. The minimum absolute atomic E-state index is 0.235. The van der Waals surface area contributed by atoms with Gasteiger partial charge in [-0.3, -0.25) is 0 Å². The van der Waals surface area contributed by atoms with Crippen LogP contribution in [0.15, 0.2) is 18.3 Å². The predicted octanol–water partition coefficient (Wildman–Crippen LogP) is 1.43. The minimum Gasteiger partial charge on any atom is -0.383 e. The molecule has 0 amide bonds. The lowest BCUT2D eigenvalue weighted by Crippen LogP contribution is -2.39. The first-order chi connectivity index (χ1) is 8.83. The highest BCUT2D eigenvalue weighted by molar-refractivity contribution is 5.42. The Morgan fingerprint density at radius 3 is 3.28 bits per heavy atom. The van der Waals surface area contributed by atoms with Crippen LogP contribution in [0.2, 0.25) is 0 Å². The van der Waals surface area contributed by atoms with Crippen molar-refractivity contribution in [2.75, 3.05) is 38.3 Å². The first-order valence-electron chi connectivity index (χ1n) is 6.39. The summed E-state index contributed by atoms with van der Waals surface area (Å²) in [7, 11) is 1.69. The Hall–Kier alpha value is -1.20. The second-order valence-electron chi connectivity index (χ2n) is 4.50. The fourth-order valence-corrected chi connectivity index (χ4v) is 2.36. The Bertz CT molecular complexity index is 375. The highest BCUT2D eigenvalue weighted by Gasteiger charge is 2.26. The van der Waals surface area contributed by atoms with E-state index in [1.807, 2.05) is 0 Å². The fourth-order valence-electron chi connectivity index (χ4n) is 2.36. The van der Waals surface area contributed by atoms with E-state index in [2.05, 4.69) is 15.2 Å². The molecule has 18 heavy (non-hydrogen) atoms. The largest absolute Gasteiger partial charge is 0.383 e. The monoisotopic (exact) mass is 253 g/mol. The third-order valence-corrected chi connectivity index (χ3v) is 3.25. The lowest BCUT2D eigenvalue weighted by molar-refractivity contribution is 0.199. The molecule has 1 atom stereocenters. The predicted molar refractivity (Wildman–Crippen MR) is 69.3 cm³/mol. The molecule has 0 bridgehead atoms. The van der Waals surface area contributed by atoms with E-state index in [1.165, 1.54) is 6.07 Å². The van der Waals surface area contributed by atoms with Crippen LogP contribution in [0.1, 0.15) is 12.8 Å². The molecule has 1 fully saturated rings. The number of nitrogens with zero attached hydrogens (tertiary/aromatic N) is 2. The summed E-state index contributed by atoms with van der Waals surface area (Å²) in [6.45, 7) is 3.25. The molecule has 0 radical (unpaired) electrons. The fraction of sp³-hybridized carbons (Fsp3) is 0.615. The van der Waals surface area contributed by atoms with Crippen LogP contribution in [0.3, 0.4) is 0 Å². The van der Waals surface area contributed by atoms with E-state index in [-0.39, 0.29) is 5.82 Å². The van der Waals surface area contributed by atoms with Gasteiger partial charge in [0.1, 0.15) is 0 Å². The zero-order valence-electron chi connectivity index (χ0n) is 10.7. The van der Waals surface area contributed by atoms with E-state index >= 15 is 0 Å². The summed E-state index contributed by atoms with van der Waals surface area (Å²) in [6, 6.07) is 3.42. The third-order valence-electron chi connectivity index (χ3n) is 3.25. The van der Waals surface area contributed by atoms with Crippen molar-refractivity contribution in [2.45, 2.75) is 18.9 Å². The summed E-state index contributed by atoms with van der Waals surface area (Å²) in [5.41, 5.74) is 0. The molecule has 4 nitrogen and oxygen atoms in total. The van der Waals surface area contributed by atoms with E-state index in [0.717, 1.165) is 32.5 Å². The molecular weight excluding hydrogens is 233 g/mol. The highest BCUT2D eigenvalue weighted by Crippen LogP contribution is 2.25. The van der Waals surface area contributed by atoms with Crippen molar-refractivity contribution in [3.05, 3.63) is 24.1 Å². The van der Waals surface area contributed by atoms with Gasteiger partial charge in [0.15, 0.2) is 11.6 Å². The highest BCUT2D eigenvalue weighted by atomic mass is 19.1. The summed E-state index contributed by atoms with van der Waals surface area (Å²) in [5.74, 6) is 0.245. The van der Waals surface area contributed by atoms with E-state index < -0.39 is 0 Å². The van der Waals surface area contributed by atoms with Gasteiger partial charge in [-0.15, -0.1) is 0 Å². The lowest BCUT2D eigenvalue weighted by atomic mass is 10.2. The number of nitrogens with one attached hydrogen (secondary N) is 1. The SMILES string of the molecule is COCCNCC1CCCN1c1ncccc1F. The number of aromatic nitrogens is 1. The number of halogens is 1. The van der Waals surface area contributed by atoms with Crippen molar-refractivity contribution in [3.63, 3.8) is 0 Å². The molecular formula is C13H20FN3O. The number of ether oxygens (including phenoxy) is 1. The van der Waals surface area contributed by atoms with Gasteiger partial charge in [-0.25, -0.2) is 9.37 Å². The second-order valence-corrected chi connectivity index (χ2v) is 4.50. The first kappa shape index (κ1) is 13.2. The van der Waals surface area contributed by atoms with Crippen LogP contribution >= 0.6 is 0 Å². The van der Waals surface area contributed by atoms with Crippen molar-refractivity contribution >= 4 is 5.82 Å². The molecule has 1 aliphatic rings. The van der Waals surface area contributed by atoms with Crippen molar-refractivity contribution < 1.29 is 9.13 Å². The Labute approximate surface area is 107 Å². The van der Waals surface area contributed by atoms with E-state index in [1.54, 1.807) is 19.4 Å². The molecule has 2 rings (SSSR count). The molecule has 0 aliphatic carbocycles. The van der Waals surface area contributed by atoms with Crippen LogP contribution in [0.4, 0.5) is 10.2 Å². The van der Waals surface area contributed by atoms with Gasteiger partial charge in [-0.2, -0.15) is 0 Å². The molecule has 1 aromatic heterocycles. The van der Waals surface area contributed by atoms with E-state index in [9.17, 15) is 4.39 Å². The molecule has 1 saturated heterocycles. The van der Waals surface area contributed by atoms with Gasteiger partial charge in [0, 0.05) is 39.0 Å². The summed E-state index contributed by atoms with van der Waals surface area (Å²) in [6.07, 6.45) is 3.81. The van der Waals surface area contributed by atoms with E-state index in [4.69, 9.17) is 4.74 Å². The van der Waals surface area contributed by atoms with Gasteiger partial charge in [0.25, 0.3) is 0 Å². The van der Waals surface area contributed by atoms with Crippen LogP contribution < -0.4 is 10.2 Å². The second kappa shape index (κ2) is 6.66. The Morgan fingerprint density at radius 1 is 1.61 bits per heavy atom. The molecule has 1 aliphatic heterocycles. The van der Waals surface area contributed by atoms with Crippen molar-refractivity contribution in [1.29, 1.82) is 0 Å². The number of pyridine rings is 1. The molecule has 0 spiro atoms. The summed E-state index contributed by atoms with van der Waals surface area (Å²) in [5, 5.41) is 3.33. The third kappa shape index (κ3) is 3.17. The Balaban J connectivity index is 1.93. The van der Waals surface area contributed by atoms with Gasteiger partial charge in [-0.1, -0.05) is 0 Å². The van der Waals surface area contributed by atoms with Gasteiger partial charge in [0.2, 0.25) is 0 Å². The smallest absolute Gasteiger partial charge is 0.165 e. The van der Waals surface area contributed by atoms with Gasteiger partial charge < -0.3 is 15.0 Å². The summed E-state index contributed by atoms with van der Waals surface area (Å²) in [4.78, 5) is 6.22. The standard InChI is InChI=1S/C13H20FN3O/c1-18-9-7-15-10-11-4-3-8-17(11)13-12(14)5-2-6-16-13/h2,5-6,11,15H,3-4,7-10H2,1H3. The van der Waals surface area contributed by atoms with Crippen molar-refractivity contribution in [2.24, 2.45) is 0 Å². The summed E-state index contributed by atoms with van der Waals surface area (Å²) < 4.78 is 18.7. The quantitative estimate of drug-likeness (QED) is 0.778. The molecule has 2 heterocycles. The normalized spacial score (nSPS) is 19.4. The lowest BCUT2D eigenvalue weighted by Gasteiger charge is -2.26. The maximum absolute atomic E-state index is 13.7. The number of anilines is 1. The maximum atomic E-state index is 13.7. The molecule has 0 saturated carbocycles. The number of hydrogen-bond donors (Lipinski definition) is 1. The Kier molecular flexibility index (Phi) is 4.90. The number of rotatable bonds is 6. The topological polar surface area (TPSA) is 37.4 Å². The maximum Gasteiger partial charge on any atom is 0.165 e. The average molecular weight is 253 g/mol. The molecule has 1 unspecified atom stereocenters. The van der Waals surface area contributed by atoms with Gasteiger partial charge in [0.05, 0.1) is 6.61 Å². The molecule has 1 aromatic rings. The Morgan fingerprint density at radius 2 is 2.50 bits per heavy atom. The van der Waals surface area contributed by atoms with Crippen LogP contribution in [0, 0.1) is 5.82 Å². The van der Waals surface area contributed by atoms with Crippen molar-refractivity contribution in [1.82, 2.24) is 10.3 Å².